The molecule has 0 rings (SSSR count). The maximum absolute atomic E-state index is 8.48. The molecule has 1 nitrogen and oxygen atoms in total. The zero-order chi connectivity index (χ0) is 6.62. The van der Waals surface area contributed by atoms with Gasteiger partial charge in [0.05, 0.1) is 11.2 Å². The summed E-state index contributed by atoms with van der Waals surface area (Å²) in [4.78, 5) is 0. The van der Waals surface area contributed by atoms with Crippen molar-refractivity contribution in [3.05, 3.63) is 0 Å². The molecule has 0 aliphatic rings. The summed E-state index contributed by atoms with van der Waals surface area (Å²) in [5, 5.41) is 8.41. The van der Waals surface area contributed by atoms with E-state index in [0.717, 1.165) is 14.7 Å². The van der Waals surface area contributed by atoms with Gasteiger partial charge in [0.2, 0.25) is 0 Å². The first-order valence-corrected chi connectivity index (χ1v) is 3.99. The molecule has 1 unspecified atom stereocenters. The van der Waals surface area contributed by atoms with Gasteiger partial charge in [-0.3, -0.25) is 0 Å². The molecule has 2 heteroatoms. The van der Waals surface area contributed by atoms with Gasteiger partial charge in [0.1, 0.15) is 0 Å². The summed E-state index contributed by atoms with van der Waals surface area (Å²) in [6.45, 7) is 6.07. The maximum Gasteiger partial charge on any atom is 0.0727 e. The number of rotatable bonds is 2. The standard InChI is InChI=1S/C6H12NP/c1-4-8-6(2,3)5-7/h8H,4H2,1-3H3. The summed E-state index contributed by atoms with van der Waals surface area (Å²) < 4.78 is 0. The molecule has 0 aliphatic carbocycles. The van der Waals surface area contributed by atoms with Gasteiger partial charge in [-0.2, -0.15) is 5.26 Å². The Hall–Kier alpha value is -0.0800. The zero-order valence-corrected chi connectivity index (χ0v) is 6.65. The molecule has 0 saturated carbocycles. The Kier molecular flexibility index (Phi) is 3.02. The number of hydrogen-bond donors (Lipinski definition) is 0. The zero-order valence-electron chi connectivity index (χ0n) is 5.65. The van der Waals surface area contributed by atoms with Crippen molar-refractivity contribution in [1.82, 2.24) is 0 Å². The van der Waals surface area contributed by atoms with Crippen molar-refractivity contribution < 1.29 is 0 Å². The van der Waals surface area contributed by atoms with Crippen LogP contribution in [-0.4, -0.2) is 11.3 Å². The average Bonchev–Trinajstić information content (AvgIpc) is 1.67. The van der Waals surface area contributed by atoms with Crippen LogP contribution < -0.4 is 0 Å². The number of hydrogen-bond acceptors (Lipinski definition) is 1. The molecule has 0 bridgehead atoms. The van der Waals surface area contributed by atoms with Gasteiger partial charge < -0.3 is 0 Å². The quantitative estimate of drug-likeness (QED) is 0.523. The van der Waals surface area contributed by atoms with Crippen LogP contribution in [0.1, 0.15) is 20.8 Å². The molecule has 0 aromatic rings. The lowest BCUT2D eigenvalue weighted by Gasteiger charge is -2.11. The van der Waals surface area contributed by atoms with E-state index in [1.807, 2.05) is 13.8 Å². The molecular formula is C6H12NP. The molecule has 1 atom stereocenters. The van der Waals surface area contributed by atoms with E-state index in [4.69, 9.17) is 5.26 Å². The van der Waals surface area contributed by atoms with Crippen molar-refractivity contribution in [3.8, 4) is 6.07 Å². The van der Waals surface area contributed by atoms with Crippen LogP contribution in [0.25, 0.3) is 0 Å². The Labute approximate surface area is 52.9 Å². The molecule has 0 aliphatic heterocycles. The fraction of sp³-hybridized carbons (Fsp3) is 0.833. The predicted molar refractivity (Wildman–Crippen MR) is 38.5 cm³/mol. The molecule has 0 saturated heterocycles. The van der Waals surface area contributed by atoms with E-state index in [0.29, 0.717) is 0 Å². The molecule has 0 heterocycles. The van der Waals surface area contributed by atoms with Gasteiger partial charge in [-0.05, 0) is 20.0 Å². The van der Waals surface area contributed by atoms with Crippen molar-refractivity contribution in [2.45, 2.75) is 25.9 Å². The van der Waals surface area contributed by atoms with Gasteiger partial charge in [0.15, 0.2) is 0 Å². The lowest BCUT2D eigenvalue weighted by Crippen LogP contribution is -2.07. The third-order valence-corrected chi connectivity index (χ3v) is 2.25. The van der Waals surface area contributed by atoms with E-state index >= 15 is 0 Å². The average molecular weight is 129 g/mol. The monoisotopic (exact) mass is 129 g/mol. The molecule has 46 valence electrons. The van der Waals surface area contributed by atoms with Crippen LogP contribution in [0.15, 0.2) is 0 Å². The van der Waals surface area contributed by atoms with Crippen molar-refractivity contribution in [3.63, 3.8) is 0 Å². The normalized spacial score (nSPS) is 12.2. The molecular weight excluding hydrogens is 117 g/mol. The highest BCUT2D eigenvalue weighted by atomic mass is 31.1. The lowest BCUT2D eigenvalue weighted by atomic mass is 10.2. The second kappa shape index (κ2) is 3.05. The minimum absolute atomic E-state index is 0.0747. The summed E-state index contributed by atoms with van der Waals surface area (Å²) in [5.74, 6) is 0. The second-order valence-electron chi connectivity index (χ2n) is 2.27. The van der Waals surface area contributed by atoms with E-state index < -0.39 is 0 Å². The van der Waals surface area contributed by atoms with Gasteiger partial charge in [-0.15, -0.1) is 8.58 Å². The number of nitriles is 1. The van der Waals surface area contributed by atoms with Gasteiger partial charge in [0.25, 0.3) is 0 Å². The van der Waals surface area contributed by atoms with E-state index in [9.17, 15) is 0 Å². The molecule has 0 aromatic heterocycles. The Morgan fingerprint density at radius 2 is 2.12 bits per heavy atom. The van der Waals surface area contributed by atoms with Gasteiger partial charge in [-0.1, -0.05) is 6.92 Å². The minimum atomic E-state index is -0.0747. The largest absolute Gasteiger partial charge is 0.197 e. The SMILES string of the molecule is CCPC(C)(C)C#N. The van der Waals surface area contributed by atoms with E-state index in [-0.39, 0.29) is 5.16 Å². The van der Waals surface area contributed by atoms with Crippen LogP contribution in [0.5, 0.6) is 0 Å². The predicted octanol–water partition coefficient (Wildman–Crippen LogP) is 1.99. The van der Waals surface area contributed by atoms with Gasteiger partial charge >= 0.3 is 0 Å². The molecule has 0 radical (unpaired) electrons. The van der Waals surface area contributed by atoms with Gasteiger partial charge in [0, 0.05) is 0 Å². The first-order chi connectivity index (χ1) is 3.62. The first kappa shape index (κ1) is 7.92. The molecule has 0 spiro atoms. The van der Waals surface area contributed by atoms with Crippen LogP contribution in [0.2, 0.25) is 0 Å². The fourth-order valence-corrected chi connectivity index (χ4v) is 1.44. The third-order valence-electron chi connectivity index (χ3n) is 0.898. The Bertz CT molecular complexity index is 102. The summed E-state index contributed by atoms with van der Waals surface area (Å²) >= 11 is 0. The highest BCUT2D eigenvalue weighted by Crippen LogP contribution is 2.28. The molecule has 8 heavy (non-hydrogen) atoms. The summed E-state index contributed by atoms with van der Waals surface area (Å²) in [6, 6.07) is 2.25. The lowest BCUT2D eigenvalue weighted by molar-refractivity contribution is 0.903. The molecule has 0 N–H and O–H groups in total. The Morgan fingerprint density at radius 1 is 1.62 bits per heavy atom. The maximum atomic E-state index is 8.48. The van der Waals surface area contributed by atoms with Crippen molar-refractivity contribution in [2.24, 2.45) is 0 Å². The van der Waals surface area contributed by atoms with Crippen LogP contribution >= 0.6 is 8.58 Å². The van der Waals surface area contributed by atoms with Crippen LogP contribution in [-0.2, 0) is 0 Å². The fourth-order valence-electron chi connectivity index (χ4n) is 0.481. The van der Waals surface area contributed by atoms with Gasteiger partial charge in [-0.25, -0.2) is 0 Å². The number of nitrogens with zero attached hydrogens (tertiary/aromatic N) is 1. The van der Waals surface area contributed by atoms with Crippen molar-refractivity contribution in [2.75, 3.05) is 6.16 Å². The second-order valence-corrected chi connectivity index (χ2v) is 4.58. The van der Waals surface area contributed by atoms with Crippen LogP contribution in [0.4, 0.5) is 0 Å². The van der Waals surface area contributed by atoms with Crippen molar-refractivity contribution in [1.29, 1.82) is 5.26 Å². The Morgan fingerprint density at radius 3 is 2.25 bits per heavy atom. The molecule has 0 fully saturated rings. The molecule has 0 amide bonds. The minimum Gasteiger partial charge on any atom is -0.197 e. The van der Waals surface area contributed by atoms with E-state index in [1.165, 1.54) is 0 Å². The van der Waals surface area contributed by atoms with Crippen LogP contribution in [0, 0.1) is 11.3 Å². The molecule has 0 aromatic carbocycles. The van der Waals surface area contributed by atoms with E-state index in [1.54, 1.807) is 0 Å². The Balaban J connectivity index is 3.59. The van der Waals surface area contributed by atoms with Crippen molar-refractivity contribution >= 4 is 8.58 Å². The topological polar surface area (TPSA) is 23.8 Å². The summed E-state index contributed by atoms with van der Waals surface area (Å²) in [7, 11) is 0.780. The highest BCUT2D eigenvalue weighted by molar-refractivity contribution is 7.40. The third kappa shape index (κ3) is 2.99. The highest BCUT2D eigenvalue weighted by Gasteiger charge is 2.13. The first-order valence-electron chi connectivity index (χ1n) is 2.78. The van der Waals surface area contributed by atoms with Crippen LogP contribution in [0.3, 0.4) is 0 Å². The smallest absolute Gasteiger partial charge is 0.0727 e. The summed E-state index contributed by atoms with van der Waals surface area (Å²) in [5.41, 5.74) is 0. The van der Waals surface area contributed by atoms with E-state index in [2.05, 4.69) is 13.0 Å². The summed E-state index contributed by atoms with van der Waals surface area (Å²) in [6.07, 6.45) is 1.13.